The molecule has 9 nitrogen and oxygen atoms in total. The minimum absolute atomic E-state index is 0.126. The van der Waals surface area contributed by atoms with Crippen molar-refractivity contribution in [3.63, 3.8) is 0 Å². The highest BCUT2D eigenvalue weighted by molar-refractivity contribution is 5.94. The molecule has 9 heteroatoms. The maximum Gasteiger partial charge on any atom is 0.230 e. The summed E-state index contributed by atoms with van der Waals surface area (Å²) in [6.45, 7) is 0. The van der Waals surface area contributed by atoms with Crippen LogP contribution >= 0.6 is 0 Å². The fourth-order valence-electron chi connectivity index (χ4n) is 3.74. The van der Waals surface area contributed by atoms with Gasteiger partial charge >= 0.3 is 0 Å². The van der Waals surface area contributed by atoms with Crippen molar-refractivity contribution < 1.29 is 9.32 Å². The minimum atomic E-state index is -0.171. The van der Waals surface area contributed by atoms with Crippen molar-refractivity contribution in [2.24, 2.45) is 0 Å². The van der Waals surface area contributed by atoms with Crippen LogP contribution in [0.15, 0.2) is 89.6 Å². The van der Waals surface area contributed by atoms with Gasteiger partial charge in [0.15, 0.2) is 11.2 Å². The molecule has 6 rings (SSSR count). The predicted octanol–water partition coefficient (Wildman–Crippen LogP) is 4.18. The van der Waals surface area contributed by atoms with Gasteiger partial charge in [-0.3, -0.25) is 9.78 Å². The number of hydrogen-bond donors (Lipinski definition) is 1. The third-order valence-corrected chi connectivity index (χ3v) is 5.40. The normalized spacial score (nSPS) is 11.2. The van der Waals surface area contributed by atoms with E-state index in [-0.39, 0.29) is 12.3 Å². The van der Waals surface area contributed by atoms with Gasteiger partial charge in [0.05, 0.1) is 12.1 Å². The van der Waals surface area contributed by atoms with Crippen LogP contribution in [0.4, 0.5) is 5.69 Å². The van der Waals surface area contributed by atoms with Crippen LogP contribution in [-0.4, -0.2) is 35.9 Å². The Morgan fingerprint density at radius 3 is 2.59 bits per heavy atom. The van der Waals surface area contributed by atoms with E-state index in [1.807, 2.05) is 78.9 Å². The van der Waals surface area contributed by atoms with Gasteiger partial charge in [0.1, 0.15) is 11.4 Å². The minimum Gasteiger partial charge on any atom is -0.356 e. The van der Waals surface area contributed by atoms with Gasteiger partial charge in [-0.15, -0.1) is 10.2 Å². The van der Waals surface area contributed by atoms with Crippen LogP contribution in [0.2, 0.25) is 0 Å². The Morgan fingerprint density at radius 2 is 1.74 bits per heavy atom. The van der Waals surface area contributed by atoms with E-state index in [0.29, 0.717) is 34.1 Å². The van der Waals surface area contributed by atoms with Gasteiger partial charge in [0.25, 0.3) is 0 Å². The Morgan fingerprint density at radius 1 is 0.882 bits per heavy atom. The van der Waals surface area contributed by atoms with E-state index in [4.69, 9.17) is 9.62 Å². The van der Waals surface area contributed by atoms with Crippen LogP contribution in [-0.2, 0) is 11.2 Å². The molecule has 4 aromatic heterocycles. The van der Waals surface area contributed by atoms with E-state index in [0.717, 1.165) is 16.6 Å². The number of nitrogens with one attached hydrogen (secondary N) is 1. The molecular formula is C25H17N7O2. The molecule has 1 amide bonds. The van der Waals surface area contributed by atoms with E-state index in [1.54, 1.807) is 10.7 Å². The first kappa shape index (κ1) is 19.7. The maximum atomic E-state index is 12.5. The van der Waals surface area contributed by atoms with Crippen LogP contribution in [0.5, 0.6) is 0 Å². The monoisotopic (exact) mass is 447 g/mol. The standard InChI is InChI=1S/C25H17N7O2/c33-24(15-21-18-5-1-2-7-22(18)34-31-21)27-17-10-8-16(9-11-17)19-12-13-23-28-29-25(32(23)30-19)20-6-3-4-14-26-20/h1-14H,15H2,(H,27,33). The van der Waals surface area contributed by atoms with Crippen LogP contribution in [0.3, 0.4) is 0 Å². The number of benzene rings is 2. The largest absolute Gasteiger partial charge is 0.356 e. The van der Waals surface area contributed by atoms with Crippen molar-refractivity contribution in [3.8, 4) is 22.8 Å². The second-order valence-electron chi connectivity index (χ2n) is 7.65. The van der Waals surface area contributed by atoms with Gasteiger partial charge in [-0.2, -0.15) is 9.61 Å². The fourth-order valence-corrected chi connectivity index (χ4v) is 3.74. The van der Waals surface area contributed by atoms with Crippen molar-refractivity contribution in [2.45, 2.75) is 6.42 Å². The van der Waals surface area contributed by atoms with Crippen molar-refractivity contribution in [1.82, 2.24) is 30.0 Å². The summed E-state index contributed by atoms with van der Waals surface area (Å²) in [5.74, 6) is 0.401. The summed E-state index contributed by atoms with van der Waals surface area (Å²) in [6, 6.07) is 24.3. The zero-order valence-corrected chi connectivity index (χ0v) is 17.8. The number of rotatable bonds is 5. The Hall–Kier alpha value is -4.92. The first-order valence-corrected chi connectivity index (χ1v) is 10.6. The van der Waals surface area contributed by atoms with Crippen LogP contribution in [0.1, 0.15) is 5.69 Å². The van der Waals surface area contributed by atoms with Crippen LogP contribution in [0.25, 0.3) is 39.4 Å². The number of aromatic nitrogens is 6. The molecule has 0 aliphatic carbocycles. The lowest BCUT2D eigenvalue weighted by molar-refractivity contribution is -0.115. The summed E-state index contributed by atoms with van der Waals surface area (Å²) in [5.41, 5.74) is 4.92. The molecule has 0 saturated heterocycles. The Bertz CT molecular complexity index is 1620. The first-order valence-electron chi connectivity index (χ1n) is 10.6. The second-order valence-corrected chi connectivity index (χ2v) is 7.65. The quantitative estimate of drug-likeness (QED) is 0.422. The molecule has 1 N–H and O–H groups in total. The lowest BCUT2D eigenvalue weighted by atomic mass is 10.1. The number of fused-ring (bicyclic) bond motifs is 2. The molecule has 0 aliphatic heterocycles. The fraction of sp³-hybridized carbons (Fsp3) is 0.0400. The average Bonchev–Trinajstić information content (AvgIpc) is 3.49. The molecule has 0 unspecified atom stereocenters. The summed E-state index contributed by atoms with van der Waals surface area (Å²) >= 11 is 0. The Kier molecular flexibility index (Phi) is 4.77. The second kappa shape index (κ2) is 8.21. The molecule has 0 fully saturated rings. The van der Waals surface area contributed by atoms with Crippen molar-refractivity contribution in [1.29, 1.82) is 0 Å². The summed E-state index contributed by atoms with van der Waals surface area (Å²) in [7, 11) is 0. The number of pyridine rings is 1. The predicted molar refractivity (Wildman–Crippen MR) is 126 cm³/mol. The van der Waals surface area contributed by atoms with Crippen molar-refractivity contribution in [2.75, 3.05) is 5.32 Å². The molecule has 6 aromatic rings. The van der Waals surface area contributed by atoms with Crippen LogP contribution in [0, 0.1) is 0 Å². The SMILES string of the molecule is O=C(Cc1noc2ccccc12)Nc1ccc(-c2ccc3nnc(-c4ccccn4)n3n2)cc1. The van der Waals surface area contributed by atoms with Crippen molar-refractivity contribution in [3.05, 3.63) is 90.8 Å². The van der Waals surface area contributed by atoms with Crippen molar-refractivity contribution >= 4 is 28.2 Å². The van der Waals surface area contributed by atoms with E-state index in [9.17, 15) is 4.79 Å². The third kappa shape index (κ3) is 3.65. The molecular weight excluding hydrogens is 430 g/mol. The molecule has 2 aromatic carbocycles. The molecule has 4 heterocycles. The topological polar surface area (TPSA) is 111 Å². The molecule has 0 saturated carbocycles. The first-order chi connectivity index (χ1) is 16.7. The summed E-state index contributed by atoms with van der Waals surface area (Å²) in [5, 5.41) is 20.9. The van der Waals surface area contributed by atoms with Gasteiger partial charge < -0.3 is 9.84 Å². The number of amides is 1. The van der Waals surface area contributed by atoms with E-state index in [1.165, 1.54) is 0 Å². The van der Waals surface area contributed by atoms with Crippen LogP contribution < -0.4 is 5.32 Å². The maximum absolute atomic E-state index is 12.5. The molecule has 0 atom stereocenters. The zero-order chi connectivity index (χ0) is 22.9. The highest BCUT2D eigenvalue weighted by Gasteiger charge is 2.14. The van der Waals surface area contributed by atoms with Gasteiger partial charge in [-0.05, 0) is 48.5 Å². The number of hydrogen-bond acceptors (Lipinski definition) is 7. The molecule has 0 spiro atoms. The molecule has 0 bridgehead atoms. The van der Waals surface area contributed by atoms with Gasteiger partial charge in [-0.1, -0.05) is 35.5 Å². The molecule has 34 heavy (non-hydrogen) atoms. The lowest BCUT2D eigenvalue weighted by Gasteiger charge is -2.07. The Labute approximate surface area is 193 Å². The summed E-state index contributed by atoms with van der Waals surface area (Å²) in [4.78, 5) is 16.9. The molecule has 0 radical (unpaired) electrons. The molecule has 164 valence electrons. The summed E-state index contributed by atoms with van der Waals surface area (Å²) < 4.78 is 6.95. The highest BCUT2D eigenvalue weighted by atomic mass is 16.5. The zero-order valence-electron chi connectivity index (χ0n) is 17.8. The number of nitrogens with zero attached hydrogens (tertiary/aromatic N) is 6. The van der Waals surface area contributed by atoms with E-state index < -0.39 is 0 Å². The Balaban J connectivity index is 1.21. The molecule has 0 aliphatic rings. The van der Waals surface area contributed by atoms with Gasteiger partial charge in [0.2, 0.25) is 11.7 Å². The van der Waals surface area contributed by atoms with Gasteiger partial charge in [0, 0.05) is 22.8 Å². The van der Waals surface area contributed by atoms with Gasteiger partial charge in [-0.25, -0.2) is 0 Å². The van der Waals surface area contributed by atoms with E-state index in [2.05, 4.69) is 25.7 Å². The number of carbonyl (C=O) groups is 1. The average molecular weight is 447 g/mol. The highest BCUT2D eigenvalue weighted by Crippen LogP contribution is 2.23. The van der Waals surface area contributed by atoms with E-state index >= 15 is 0 Å². The third-order valence-electron chi connectivity index (χ3n) is 5.40. The number of anilines is 1. The number of carbonyl (C=O) groups excluding carboxylic acids is 1. The smallest absolute Gasteiger partial charge is 0.230 e. The number of para-hydroxylation sites is 1. The summed E-state index contributed by atoms with van der Waals surface area (Å²) in [6.07, 6.45) is 1.83. The lowest BCUT2D eigenvalue weighted by Crippen LogP contribution is -2.14.